The highest BCUT2D eigenvalue weighted by Crippen LogP contribution is 2.42. The van der Waals surface area contributed by atoms with Crippen molar-refractivity contribution in [2.24, 2.45) is 17.6 Å². The molecule has 13 heavy (non-hydrogen) atoms. The number of nitrogens with two attached hydrogens (primary N) is 1. The Labute approximate surface area is 82.1 Å². The van der Waals surface area contributed by atoms with Crippen molar-refractivity contribution in [3.05, 3.63) is 0 Å². The van der Waals surface area contributed by atoms with Crippen molar-refractivity contribution in [2.45, 2.75) is 63.8 Å². The summed E-state index contributed by atoms with van der Waals surface area (Å²) in [5, 5.41) is 0. The van der Waals surface area contributed by atoms with E-state index in [4.69, 9.17) is 5.73 Å². The largest absolute Gasteiger partial charge is 0.325 e. The average Bonchev–Trinajstić information content (AvgIpc) is 2.54. The van der Waals surface area contributed by atoms with E-state index in [1.807, 2.05) is 0 Å². The van der Waals surface area contributed by atoms with Crippen LogP contribution in [-0.2, 0) is 0 Å². The van der Waals surface area contributed by atoms with Gasteiger partial charge in [-0.1, -0.05) is 32.6 Å². The second-order valence-corrected chi connectivity index (χ2v) is 5.41. The van der Waals surface area contributed by atoms with E-state index in [0.29, 0.717) is 0 Å². The summed E-state index contributed by atoms with van der Waals surface area (Å²) < 4.78 is 0. The number of hydrogen-bond acceptors (Lipinski definition) is 1. The van der Waals surface area contributed by atoms with Gasteiger partial charge in [0.1, 0.15) is 0 Å². The summed E-state index contributed by atoms with van der Waals surface area (Å²) in [5.74, 6) is 1.78. The van der Waals surface area contributed by atoms with Gasteiger partial charge in [0.25, 0.3) is 0 Å². The van der Waals surface area contributed by atoms with Crippen molar-refractivity contribution in [3.63, 3.8) is 0 Å². The van der Waals surface area contributed by atoms with Gasteiger partial charge in [-0.05, 0) is 37.5 Å². The van der Waals surface area contributed by atoms with Gasteiger partial charge in [0.15, 0.2) is 0 Å². The maximum atomic E-state index is 6.50. The summed E-state index contributed by atoms with van der Waals surface area (Å²) >= 11 is 0. The molecule has 2 N–H and O–H groups in total. The van der Waals surface area contributed by atoms with Crippen LogP contribution in [0.2, 0.25) is 0 Å². The average molecular weight is 181 g/mol. The van der Waals surface area contributed by atoms with Crippen LogP contribution >= 0.6 is 0 Å². The maximum Gasteiger partial charge on any atom is 0.0182 e. The highest BCUT2D eigenvalue weighted by atomic mass is 14.8. The van der Waals surface area contributed by atoms with Crippen molar-refractivity contribution in [3.8, 4) is 0 Å². The first-order valence-electron chi connectivity index (χ1n) is 5.99. The Morgan fingerprint density at radius 3 is 2.38 bits per heavy atom. The summed E-state index contributed by atoms with van der Waals surface area (Å²) in [4.78, 5) is 0. The van der Waals surface area contributed by atoms with Gasteiger partial charge in [-0.2, -0.15) is 0 Å². The van der Waals surface area contributed by atoms with E-state index >= 15 is 0 Å². The molecule has 0 aromatic rings. The molecule has 0 aliphatic heterocycles. The lowest BCUT2D eigenvalue weighted by Gasteiger charge is -2.38. The molecule has 76 valence electrons. The number of hydrogen-bond donors (Lipinski definition) is 1. The van der Waals surface area contributed by atoms with Crippen LogP contribution in [0.25, 0.3) is 0 Å². The normalized spacial score (nSPS) is 39.2. The van der Waals surface area contributed by atoms with E-state index in [0.717, 1.165) is 11.8 Å². The minimum absolute atomic E-state index is 0.245. The molecule has 0 bridgehead atoms. The van der Waals surface area contributed by atoms with Crippen LogP contribution in [0, 0.1) is 11.8 Å². The van der Waals surface area contributed by atoms with Crippen LogP contribution in [0.15, 0.2) is 0 Å². The van der Waals surface area contributed by atoms with Gasteiger partial charge in [0.2, 0.25) is 0 Å². The van der Waals surface area contributed by atoms with Crippen LogP contribution < -0.4 is 5.73 Å². The highest BCUT2D eigenvalue weighted by Gasteiger charge is 2.38. The quantitative estimate of drug-likeness (QED) is 0.661. The van der Waals surface area contributed by atoms with Crippen LogP contribution in [0.3, 0.4) is 0 Å². The zero-order chi connectivity index (χ0) is 9.31. The van der Waals surface area contributed by atoms with E-state index in [-0.39, 0.29) is 5.54 Å². The molecule has 2 unspecified atom stereocenters. The SMILES string of the molecule is CC1CCCC(C2(N)CCCC2)C1. The van der Waals surface area contributed by atoms with E-state index in [9.17, 15) is 0 Å². The van der Waals surface area contributed by atoms with E-state index < -0.39 is 0 Å². The molecule has 0 spiro atoms. The maximum absolute atomic E-state index is 6.50. The smallest absolute Gasteiger partial charge is 0.0182 e. The van der Waals surface area contributed by atoms with E-state index in [2.05, 4.69) is 6.92 Å². The fraction of sp³-hybridized carbons (Fsp3) is 1.00. The van der Waals surface area contributed by atoms with Crippen LogP contribution in [0.4, 0.5) is 0 Å². The topological polar surface area (TPSA) is 26.0 Å². The molecule has 0 aromatic carbocycles. The Morgan fingerprint density at radius 2 is 1.77 bits per heavy atom. The lowest BCUT2D eigenvalue weighted by molar-refractivity contribution is 0.174. The summed E-state index contributed by atoms with van der Waals surface area (Å²) in [6.45, 7) is 2.39. The van der Waals surface area contributed by atoms with Gasteiger partial charge >= 0.3 is 0 Å². The van der Waals surface area contributed by atoms with E-state index in [1.165, 1.54) is 51.4 Å². The van der Waals surface area contributed by atoms with Gasteiger partial charge in [-0.15, -0.1) is 0 Å². The summed E-state index contributed by atoms with van der Waals surface area (Å²) in [6.07, 6.45) is 11.0. The first-order chi connectivity index (χ1) is 6.21. The molecule has 0 heterocycles. The molecule has 0 aromatic heterocycles. The second-order valence-electron chi connectivity index (χ2n) is 5.41. The summed E-state index contributed by atoms with van der Waals surface area (Å²) in [5.41, 5.74) is 6.74. The summed E-state index contributed by atoms with van der Waals surface area (Å²) in [6, 6.07) is 0. The summed E-state index contributed by atoms with van der Waals surface area (Å²) in [7, 11) is 0. The predicted molar refractivity (Wildman–Crippen MR) is 56.5 cm³/mol. The van der Waals surface area contributed by atoms with Crippen molar-refractivity contribution in [1.29, 1.82) is 0 Å². The third-order valence-electron chi connectivity index (χ3n) is 4.28. The molecule has 1 nitrogen and oxygen atoms in total. The Balaban J connectivity index is 1.98. The third kappa shape index (κ3) is 1.90. The first kappa shape index (κ1) is 9.51. The second kappa shape index (κ2) is 3.61. The fourth-order valence-corrected chi connectivity index (χ4v) is 3.40. The van der Waals surface area contributed by atoms with Gasteiger partial charge in [-0.3, -0.25) is 0 Å². The number of rotatable bonds is 1. The van der Waals surface area contributed by atoms with Gasteiger partial charge in [0.05, 0.1) is 0 Å². The van der Waals surface area contributed by atoms with Gasteiger partial charge in [-0.25, -0.2) is 0 Å². The minimum Gasteiger partial charge on any atom is -0.325 e. The van der Waals surface area contributed by atoms with Crippen molar-refractivity contribution >= 4 is 0 Å². The zero-order valence-electron chi connectivity index (χ0n) is 8.89. The zero-order valence-corrected chi connectivity index (χ0v) is 8.89. The molecule has 2 aliphatic carbocycles. The van der Waals surface area contributed by atoms with Crippen LogP contribution in [0.5, 0.6) is 0 Å². The highest BCUT2D eigenvalue weighted by molar-refractivity contribution is 4.96. The minimum atomic E-state index is 0.245. The molecule has 2 saturated carbocycles. The molecular weight excluding hydrogens is 158 g/mol. The van der Waals surface area contributed by atoms with Crippen LogP contribution in [-0.4, -0.2) is 5.54 Å². The van der Waals surface area contributed by atoms with Crippen molar-refractivity contribution in [2.75, 3.05) is 0 Å². The lowest BCUT2D eigenvalue weighted by atomic mass is 9.71. The molecule has 2 rings (SSSR count). The molecule has 0 saturated heterocycles. The van der Waals surface area contributed by atoms with E-state index in [1.54, 1.807) is 0 Å². The monoisotopic (exact) mass is 181 g/mol. The predicted octanol–water partition coefficient (Wildman–Crippen LogP) is 3.08. The Bertz CT molecular complexity index is 170. The Morgan fingerprint density at radius 1 is 1.08 bits per heavy atom. The molecule has 0 amide bonds. The molecule has 2 atom stereocenters. The fourth-order valence-electron chi connectivity index (χ4n) is 3.40. The van der Waals surface area contributed by atoms with Gasteiger partial charge < -0.3 is 5.73 Å². The third-order valence-corrected chi connectivity index (χ3v) is 4.28. The first-order valence-corrected chi connectivity index (χ1v) is 5.99. The molecule has 1 heteroatoms. The standard InChI is InChI=1S/C12H23N/c1-10-5-4-6-11(9-10)12(13)7-2-3-8-12/h10-11H,2-9,13H2,1H3. The molecule has 2 fully saturated rings. The van der Waals surface area contributed by atoms with Crippen molar-refractivity contribution < 1.29 is 0 Å². The molecule has 2 aliphatic rings. The molecule has 0 radical (unpaired) electrons. The molecular formula is C12H23N. The van der Waals surface area contributed by atoms with Crippen LogP contribution in [0.1, 0.15) is 58.3 Å². The Kier molecular flexibility index (Phi) is 2.64. The van der Waals surface area contributed by atoms with Gasteiger partial charge in [0, 0.05) is 5.54 Å². The van der Waals surface area contributed by atoms with Crippen molar-refractivity contribution in [1.82, 2.24) is 0 Å². The Hall–Kier alpha value is -0.0400. The lowest BCUT2D eigenvalue weighted by Crippen LogP contribution is -2.46.